The Labute approximate surface area is 252 Å². The molecule has 5 rings (SSSR count). The van der Waals surface area contributed by atoms with Crippen molar-refractivity contribution in [3.8, 4) is 11.8 Å². The van der Waals surface area contributed by atoms with Gasteiger partial charge in [-0.3, -0.25) is 24.2 Å². The van der Waals surface area contributed by atoms with Crippen molar-refractivity contribution in [2.75, 3.05) is 23.5 Å². The summed E-state index contributed by atoms with van der Waals surface area (Å²) in [6, 6.07) is 15.0. The highest BCUT2D eigenvalue weighted by Crippen LogP contribution is 2.39. The Hall–Kier alpha value is -4.63. The van der Waals surface area contributed by atoms with Crippen LogP contribution < -0.4 is 19.9 Å². The number of nitrogens with one attached hydrogen (secondary N) is 1. The summed E-state index contributed by atoms with van der Waals surface area (Å²) in [5.74, 6) is -2.88. The third-order valence-electron chi connectivity index (χ3n) is 6.89. The summed E-state index contributed by atoms with van der Waals surface area (Å²) in [4.78, 5) is 47.8. The molecule has 0 radical (unpaired) electrons. The van der Waals surface area contributed by atoms with Crippen LogP contribution in [0.4, 0.5) is 20.4 Å². The first-order valence-electron chi connectivity index (χ1n) is 13.4. The maximum atomic E-state index is 13.2. The number of aromatic nitrogens is 2. The third-order valence-corrected chi connectivity index (χ3v) is 7.23. The topological polar surface area (TPSA) is 129 Å². The van der Waals surface area contributed by atoms with Crippen LogP contribution in [0, 0.1) is 11.3 Å². The predicted molar refractivity (Wildman–Crippen MR) is 155 cm³/mol. The van der Waals surface area contributed by atoms with Crippen molar-refractivity contribution < 1.29 is 27.9 Å². The van der Waals surface area contributed by atoms with E-state index in [9.17, 15) is 23.2 Å². The van der Waals surface area contributed by atoms with Gasteiger partial charge in [0, 0.05) is 67.3 Å². The first-order valence-corrected chi connectivity index (χ1v) is 13.8. The van der Waals surface area contributed by atoms with Gasteiger partial charge < -0.3 is 10.1 Å². The largest absolute Gasteiger partial charge is 0.497 e. The normalized spacial score (nSPS) is 16.2. The number of anilines is 2. The molecule has 13 heteroatoms. The number of hydrogen-bond acceptors (Lipinski definition) is 7. The number of methoxy groups -OCH3 is 1. The van der Waals surface area contributed by atoms with Gasteiger partial charge in [0.25, 0.3) is 5.92 Å². The smallest absolute Gasteiger partial charge is 0.252 e. The van der Waals surface area contributed by atoms with E-state index in [1.165, 1.54) is 36.1 Å². The zero-order chi connectivity index (χ0) is 31.1. The molecule has 1 N–H and O–H groups in total. The second kappa shape index (κ2) is 13.6. The highest BCUT2D eigenvalue weighted by molar-refractivity contribution is 6.31. The van der Waals surface area contributed by atoms with E-state index in [1.807, 2.05) is 6.07 Å². The first-order chi connectivity index (χ1) is 20.5. The molecule has 2 aliphatic rings. The van der Waals surface area contributed by atoms with Gasteiger partial charge in [-0.15, -0.1) is 0 Å². The number of halogens is 3. The Kier molecular flexibility index (Phi) is 9.88. The lowest BCUT2D eigenvalue weighted by Crippen LogP contribution is -2.54. The average Bonchev–Trinajstić information content (AvgIpc) is 3.41. The highest BCUT2D eigenvalue weighted by atomic mass is 35.5. The molecule has 0 spiro atoms. The van der Waals surface area contributed by atoms with Gasteiger partial charge >= 0.3 is 0 Å². The van der Waals surface area contributed by atoms with Crippen LogP contribution in [0.3, 0.4) is 0 Å². The number of amides is 3. The molecule has 2 aromatic carbocycles. The number of benzene rings is 2. The Balaban J connectivity index is 0.000000251. The SMILES string of the molecule is COc1cccc(N(C(C)=O)C(C(=O)NC2CC(F)(F)C2)c2ccccc2Cl)c1.N#Cc1ccnc(N2CCCC2=O)n1. The Bertz CT molecular complexity index is 1540. The zero-order valence-corrected chi connectivity index (χ0v) is 24.2. The van der Waals surface area contributed by atoms with Crippen molar-refractivity contribution in [2.45, 2.75) is 50.6 Å². The molecule has 1 saturated carbocycles. The van der Waals surface area contributed by atoms with Crippen molar-refractivity contribution in [1.82, 2.24) is 15.3 Å². The molecule has 1 saturated heterocycles. The molecular formula is C30H29ClF2N6O4. The minimum atomic E-state index is -2.77. The number of ether oxygens (including phenoxy) is 1. The van der Waals surface area contributed by atoms with Gasteiger partial charge in [-0.1, -0.05) is 35.9 Å². The van der Waals surface area contributed by atoms with Crippen LogP contribution in [-0.4, -0.2) is 53.3 Å². The standard InChI is InChI=1S/C21H21ClF2N2O3.C9H8N4O/c1-13(27)26(15-6-5-7-16(10-15)29-2)19(17-8-3-4-9-18(17)22)20(28)25-14-11-21(23,24)12-14;10-6-7-3-4-11-9(12-7)13-5-1-2-8(13)14/h3-10,14,19H,11-12H2,1-2H3,(H,25,28);3-4H,1-2,5H2. The van der Waals surface area contributed by atoms with Crippen molar-refractivity contribution in [1.29, 1.82) is 5.26 Å². The molecule has 0 bridgehead atoms. The Morgan fingerprint density at radius 2 is 1.95 bits per heavy atom. The Morgan fingerprint density at radius 3 is 2.56 bits per heavy atom. The third kappa shape index (κ3) is 7.61. The van der Waals surface area contributed by atoms with Crippen LogP contribution in [-0.2, 0) is 14.4 Å². The fraction of sp³-hybridized carbons (Fsp3) is 0.333. The highest BCUT2D eigenvalue weighted by Gasteiger charge is 2.47. The van der Waals surface area contributed by atoms with Crippen LogP contribution in [0.5, 0.6) is 5.75 Å². The van der Waals surface area contributed by atoms with E-state index in [0.29, 0.717) is 40.9 Å². The molecule has 3 amide bonds. The lowest BCUT2D eigenvalue weighted by molar-refractivity contribution is -0.132. The van der Waals surface area contributed by atoms with Gasteiger partial charge in [-0.05, 0) is 30.7 Å². The molecular weight excluding hydrogens is 582 g/mol. The number of nitrogens with zero attached hydrogens (tertiary/aromatic N) is 5. The number of rotatable bonds is 7. The quantitative estimate of drug-likeness (QED) is 0.406. The van der Waals surface area contributed by atoms with E-state index in [4.69, 9.17) is 21.6 Å². The summed E-state index contributed by atoms with van der Waals surface area (Å²) in [6.07, 6.45) is 2.02. The maximum absolute atomic E-state index is 13.2. The van der Waals surface area contributed by atoms with E-state index < -0.39 is 42.7 Å². The molecule has 2 heterocycles. The van der Waals surface area contributed by atoms with Crippen LogP contribution in [0.2, 0.25) is 5.02 Å². The van der Waals surface area contributed by atoms with Gasteiger partial charge in [-0.2, -0.15) is 5.26 Å². The minimum absolute atomic E-state index is 0.0279. The maximum Gasteiger partial charge on any atom is 0.252 e. The van der Waals surface area contributed by atoms with Gasteiger partial charge in [0.1, 0.15) is 23.6 Å². The lowest BCUT2D eigenvalue weighted by atomic mass is 9.87. The zero-order valence-electron chi connectivity index (χ0n) is 23.5. The molecule has 2 fully saturated rings. The summed E-state index contributed by atoms with van der Waals surface area (Å²) in [5.41, 5.74) is 1.11. The number of carbonyl (C=O) groups excluding carboxylic acids is 3. The van der Waals surface area contributed by atoms with Gasteiger partial charge in [-0.25, -0.2) is 18.7 Å². The van der Waals surface area contributed by atoms with E-state index >= 15 is 0 Å². The average molecular weight is 611 g/mol. The van der Waals surface area contributed by atoms with Crippen LogP contribution >= 0.6 is 11.6 Å². The van der Waals surface area contributed by atoms with Crippen molar-refractivity contribution >= 4 is 41.0 Å². The van der Waals surface area contributed by atoms with Crippen LogP contribution in [0.25, 0.3) is 0 Å². The lowest BCUT2D eigenvalue weighted by Gasteiger charge is -2.38. The van der Waals surface area contributed by atoms with E-state index in [1.54, 1.807) is 48.5 Å². The monoisotopic (exact) mass is 610 g/mol. The molecule has 1 aliphatic carbocycles. The van der Waals surface area contributed by atoms with E-state index in [0.717, 1.165) is 6.42 Å². The Morgan fingerprint density at radius 1 is 1.21 bits per heavy atom. The minimum Gasteiger partial charge on any atom is -0.497 e. The van der Waals surface area contributed by atoms with E-state index in [2.05, 4.69) is 15.3 Å². The molecule has 1 aromatic heterocycles. The van der Waals surface area contributed by atoms with Crippen molar-refractivity contribution in [2.24, 2.45) is 0 Å². The summed E-state index contributed by atoms with van der Waals surface area (Å²) in [6.45, 7) is 1.97. The van der Waals surface area contributed by atoms with Gasteiger partial charge in [0.05, 0.1) is 7.11 Å². The molecule has 1 atom stereocenters. The molecule has 3 aromatic rings. The number of carbonyl (C=O) groups is 3. The molecule has 10 nitrogen and oxygen atoms in total. The van der Waals surface area contributed by atoms with Gasteiger partial charge in [0.2, 0.25) is 23.7 Å². The van der Waals surface area contributed by atoms with Gasteiger partial charge in [0.15, 0.2) is 0 Å². The summed E-state index contributed by atoms with van der Waals surface area (Å²) in [7, 11) is 1.49. The number of hydrogen-bond donors (Lipinski definition) is 1. The number of nitriles is 1. The van der Waals surface area contributed by atoms with Crippen molar-refractivity contribution in [3.63, 3.8) is 0 Å². The number of alkyl halides is 2. The van der Waals surface area contributed by atoms with Crippen LogP contribution in [0.1, 0.15) is 49.9 Å². The second-order valence-corrected chi connectivity index (χ2v) is 10.4. The van der Waals surface area contributed by atoms with Crippen molar-refractivity contribution in [3.05, 3.63) is 77.1 Å². The van der Waals surface area contributed by atoms with E-state index in [-0.39, 0.29) is 11.6 Å². The summed E-state index contributed by atoms with van der Waals surface area (Å²) < 4.78 is 31.6. The molecule has 1 aliphatic heterocycles. The molecule has 1 unspecified atom stereocenters. The fourth-order valence-corrected chi connectivity index (χ4v) is 5.05. The summed E-state index contributed by atoms with van der Waals surface area (Å²) >= 11 is 6.32. The summed E-state index contributed by atoms with van der Waals surface area (Å²) in [5, 5.41) is 11.5. The predicted octanol–water partition coefficient (Wildman–Crippen LogP) is 4.83. The first kappa shape index (κ1) is 31.3. The fourth-order valence-electron chi connectivity index (χ4n) is 4.81. The molecule has 43 heavy (non-hydrogen) atoms. The van der Waals surface area contributed by atoms with Crippen LogP contribution in [0.15, 0.2) is 60.8 Å². The molecule has 224 valence electrons. The second-order valence-electron chi connectivity index (χ2n) is 9.99.